The van der Waals surface area contributed by atoms with E-state index >= 15 is 0 Å². The Balaban J connectivity index is 1.87. The van der Waals surface area contributed by atoms with Crippen LogP contribution in [0.4, 0.5) is 5.69 Å². The summed E-state index contributed by atoms with van der Waals surface area (Å²) in [4.78, 5) is 31.3. The van der Waals surface area contributed by atoms with Gasteiger partial charge in [0.25, 0.3) is 5.91 Å². The summed E-state index contributed by atoms with van der Waals surface area (Å²) in [6.45, 7) is 5.63. The van der Waals surface area contributed by atoms with Crippen molar-refractivity contribution in [3.8, 4) is 0 Å². The normalized spacial score (nSPS) is 22.2. The maximum absolute atomic E-state index is 12.3. The third kappa shape index (κ3) is 2.15. The van der Waals surface area contributed by atoms with Gasteiger partial charge < -0.3 is 15.1 Å². The van der Waals surface area contributed by atoms with Gasteiger partial charge in [0.1, 0.15) is 6.10 Å². The maximum Gasteiger partial charge on any atom is 0.256 e. The van der Waals surface area contributed by atoms with E-state index in [2.05, 4.69) is 10.5 Å². The molecular weight excluding hydrogens is 282 g/mol. The van der Waals surface area contributed by atoms with Crippen LogP contribution in [-0.2, 0) is 15.0 Å². The van der Waals surface area contributed by atoms with Gasteiger partial charge in [0, 0.05) is 24.7 Å². The topological polar surface area (TPSA) is 71.0 Å². The zero-order valence-corrected chi connectivity index (χ0v) is 13.1. The number of hydrogen-bond donors (Lipinski definition) is 1. The van der Waals surface area contributed by atoms with Crippen molar-refractivity contribution in [1.82, 2.24) is 5.32 Å². The van der Waals surface area contributed by atoms with Crippen LogP contribution < -0.4 is 10.2 Å². The van der Waals surface area contributed by atoms with Crippen molar-refractivity contribution >= 4 is 23.3 Å². The van der Waals surface area contributed by atoms with Crippen molar-refractivity contribution in [3.63, 3.8) is 0 Å². The first-order valence-corrected chi connectivity index (χ1v) is 7.27. The number of amidine groups is 1. The molecule has 1 atom stereocenters. The van der Waals surface area contributed by atoms with Crippen LogP contribution in [0.5, 0.6) is 0 Å². The van der Waals surface area contributed by atoms with Crippen molar-refractivity contribution in [2.45, 2.75) is 38.7 Å². The number of anilines is 1. The minimum absolute atomic E-state index is 0.0134. The molecule has 1 N–H and O–H groups in total. The first-order valence-electron chi connectivity index (χ1n) is 7.27. The molecule has 6 heteroatoms. The lowest BCUT2D eigenvalue weighted by atomic mass is 9.85. The molecule has 2 aliphatic rings. The van der Waals surface area contributed by atoms with Crippen molar-refractivity contribution in [3.05, 3.63) is 29.3 Å². The predicted octanol–water partition coefficient (Wildman–Crippen LogP) is 1.79. The van der Waals surface area contributed by atoms with Crippen molar-refractivity contribution in [1.29, 1.82) is 0 Å². The first-order chi connectivity index (χ1) is 10.3. The van der Waals surface area contributed by atoms with Crippen LogP contribution in [-0.4, -0.2) is 30.8 Å². The van der Waals surface area contributed by atoms with Gasteiger partial charge in [0.2, 0.25) is 5.91 Å². The van der Waals surface area contributed by atoms with E-state index in [1.54, 1.807) is 24.1 Å². The van der Waals surface area contributed by atoms with Gasteiger partial charge in [-0.25, -0.2) is 0 Å². The van der Waals surface area contributed by atoms with E-state index < -0.39 is 5.41 Å². The first kappa shape index (κ1) is 14.6. The Labute approximate surface area is 129 Å². The van der Waals surface area contributed by atoms with Gasteiger partial charge in [-0.2, -0.15) is 0 Å². The summed E-state index contributed by atoms with van der Waals surface area (Å²) in [7, 11) is 1.75. The average Bonchev–Trinajstić information content (AvgIpc) is 2.95. The van der Waals surface area contributed by atoms with Gasteiger partial charge in [0.15, 0.2) is 5.84 Å². The van der Waals surface area contributed by atoms with Gasteiger partial charge in [0.05, 0.1) is 5.41 Å². The number of nitrogens with zero attached hydrogens (tertiary/aromatic N) is 2. The zero-order chi connectivity index (χ0) is 16.1. The standard InChI is InChI=1S/C16H19N3O3/c1-9-7-13(18-22-9)17-14(20)10-5-6-12-11(8-10)16(2,3)15(21)19(12)4/h5-6,8-9H,7H2,1-4H3,(H,17,18,20). The van der Waals surface area contributed by atoms with Crippen LogP contribution in [0.1, 0.15) is 43.1 Å². The highest BCUT2D eigenvalue weighted by Gasteiger charge is 2.42. The second-order valence-corrected chi connectivity index (χ2v) is 6.33. The molecule has 116 valence electrons. The number of carbonyl (C=O) groups excluding carboxylic acids is 2. The smallest absolute Gasteiger partial charge is 0.256 e. The molecule has 0 bridgehead atoms. The monoisotopic (exact) mass is 301 g/mol. The Bertz CT molecular complexity index is 694. The van der Waals surface area contributed by atoms with E-state index in [0.717, 1.165) is 11.3 Å². The number of nitrogens with one attached hydrogen (secondary N) is 1. The van der Waals surface area contributed by atoms with Gasteiger partial charge >= 0.3 is 0 Å². The number of likely N-dealkylation sites (N-methyl/N-ethyl adjacent to an activating group) is 1. The highest BCUT2D eigenvalue weighted by atomic mass is 16.6. The van der Waals surface area contributed by atoms with Gasteiger partial charge in [-0.15, -0.1) is 0 Å². The summed E-state index contributed by atoms with van der Waals surface area (Å²) in [6.07, 6.45) is 0.573. The summed E-state index contributed by atoms with van der Waals surface area (Å²) >= 11 is 0. The van der Waals surface area contributed by atoms with E-state index in [4.69, 9.17) is 4.84 Å². The molecule has 0 saturated carbocycles. The van der Waals surface area contributed by atoms with Crippen molar-refractivity contribution in [2.24, 2.45) is 5.16 Å². The molecule has 0 saturated heterocycles. The van der Waals surface area contributed by atoms with Crippen LogP contribution >= 0.6 is 0 Å². The molecule has 1 aromatic rings. The van der Waals surface area contributed by atoms with Gasteiger partial charge in [-0.3, -0.25) is 9.59 Å². The number of fused-ring (bicyclic) bond motifs is 1. The van der Waals surface area contributed by atoms with E-state index in [1.807, 2.05) is 26.8 Å². The molecule has 0 fully saturated rings. The predicted molar refractivity (Wildman–Crippen MR) is 82.9 cm³/mol. The van der Waals surface area contributed by atoms with Crippen LogP contribution in [0.2, 0.25) is 0 Å². The minimum atomic E-state index is -0.622. The van der Waals surface area contributed by atoms with Gasteiger partial charge in [-0.05, 0) is 44.5 Å². The summed E-state index contributed by atoms with van der Waals surface area (Å²) < 4.78 is 0. The lowest BCUT2D eigenvalue weighted by Crippen LogP contribution is -2.33. The van der Waals surface area contributed by atoms with Crippen LogP contribution in [0, 0.1) is 0 Å². The number of rotatable bonds is 1. The van der Waals surface area contributed by atoms with E-state index in [-0.39, 0.29) is 17.9 Å². The summed E-state index contributed by atoms with van der Waals surface area (Å²) in [6, 6.07) is 5.32. The molecule has 0 aliphatic carbocycles. The van der Waals surface area contributed by atoms with E-state index in [0.29, 0.717) is 17.8 Å². The molecule has 22 heavy (non-hydrogen) atoms. The van der Waals surface area contributed by atoms with Gasteiger partial charge in [-0.1, -0.05) is 5.16 Å². The van der Waals surface area contributed by atoms with E-state index in [1.165, 1.54) is 0 Å². The molecule has 0 aromatic heterocycles. The number of benzene rings is 1. The molecule has 0 radical (unpaired) electrons. The van der Waals surface area contributed by atoms with Crippen molar-refractivity contribution < 1.29 is 14.4 Å². The number of oxime groups is 1. The lowest BCUT2D eigenvalue weighted by Gasteiger charge is -2.16. The minimum Gasteiger partial charge on any atom is -0.391 e. The fourth-order valence-corrected chi connectivity index (χ4v) is 2.89. The lowest BCUT2D eigenvalue weighted by molar-refractivity contribution is -0.121. The Morgan fingerprint density at radius 3 is 2.82 bits per heavy atom. The molecule has 3 rings (SSSR count). The average molecular weight is 301 g/mol. The number of carbonyl (C=O) groups is 2. The fourth-order valence-electron chi connectivity index (χ4n) is 2.89. The summed E-state index contributed by atoms with van der Waals surface area (Å²) in [5.74, 6) is 0.324. The van der Waals surface area contributed by atoms with Crippen LogP contribution in [0.25, 0.3) is 0 Å². The second kappa shape index (κ2) is 4.83. The number of amides is 2. The molecule has 2 aliphatic heterocycles. The highest BCUT2D eigenvalue weighted by molar-refractivity contribution is 6.10. The van der Waals surface area contributed by atoms with E-state index in [9.17, 15) is 9.59 Å². The maximum atomic E-state index is 12.3. The molecular formula is C16H19N3O3. The molecule has 6 nitrogen and oxygen atoms in total. The quantitative estimate of drug-likeness (QED) is 0.859. The third-order valence-corrected chi connectivity index (χ3v) is 4.21. The highest BCUT2D eigenvalue weighted by Crippen LogP contribution is 2.41. The zero-order valence-electron chi connectivity index (χ0n) is 13.1. The fraction of sp³-hybridized carbons (Fsp3) is 0.438. The number of hydrogen-bond acceptors (Lipinski definition) is 4. The molecule has 2 heterocycles. The van der Waals surface area contributed by atoms with Crippen molar-refractivity contribution in [2.75, 3.05) is 11.9 Å². The molecule has 0 spiro atoms. The largest absolute Gasteiger partial charge is 0.391 e. The Kier molecular flexibility index (Phi) is 3.20. The molecule has 1 aromatic carbocycles. The Morgan fingerprint density at radius 2 is 2.18 bits per heavy atom. The summed E-state index contributed by atoms with van der Waals surface area (Å²) in [5, 5.41) is 6.58. The second-order valence-electron chi connectivity index (χ2n) is 6.33. The third-order valence-electron chi connectivity index (χ3n) is 4.21. The van der Waals surface area contributed by atoms with Crippen LogP contribution in [0.3, 0.4) is 0 Å². The molecule has 1 unspecified atom stereocenters. The van der Waals surface area contributed by atoms with Crippen LogP contribution in [0.15, 0.2) is 23.4 Å². The summed E-state index contributed by atoms with van der Waals surface area (Å²) in [5.41, 5.74) is 1.60. The Morgan fingerprint density at radius 1 is 1.45 bits per heavy atom. The SMILES string of the molecule is CC1CC(NC(=O)c2ccc3c(c2)C(C)(C)C(=O)N3C)=NO1. The molecule has 2 amide bonds. The Hall–Kier alpha value is -2.37.